The number of methoxy groups -OCH3 is 2. The molecule has 194 valence electrons. The average molecular weight is 500 g/mol. The maximum Gasteiger partial charge on any atom is 0.275 e. The third-order valence-electron chi connectivity index (χ3n) is 6.09. The number of hydrogen-bond donors (Lipinski definition) is 1. The molecule has 1 N–H and O–H groups in total. The molecule has 1 aromatic heterocycles. The van der Waals surface area contributed by atoms with Gasteiger partial charge in [0.2, 0.25) is 5.91 Å². The molecule has 3 rings (SSSR count). The van der Waals surface area contributed by atoms with Gasteiger partial charge in [-0.25, -0.2) is 4.98 Å². The van der Waals surface area contributed by atoms with Gasteiger partial charge in [0.1, 0.15) is 24.7 Å². The fourth-order valence-electron chi connectivity index (χ4n) is 4.02. The lowest BCUT2D eigenvalue weighted by Gasteiger charge is -2.36. The molecule has 3 atom stereocenters. The van der Waals surface area contributed by atoms with Crippen molar-refractivity contribution in [1.82, 2.24) is 19.8 Å². The highest BCUT2D eigenvalue weighted by atomic mass is 16.5. The van der Waals surface area contributed by atoms with Gasteiger partial charge < -0.3 is 29.3 Å². The Kier molecular flexibility index (Phi) is 9.31. The molecule has 1 aliphatic heterocycles. The zero-order chi connectivity index (χ0) is 26.2. The molecule has 2 heterocycles. The Balaban J connectivity index is 1.93. The highest BCUT2D eigenvalue weighted by Gasteiger charge is 2.30. The van der Waals surface area contributed by atoms with Gasteiger partial charge in [0.25, 0.3) is 11.8 Å². The number of likely N-dealkylation sites (N-methyl/N-ethyl adjacent to an activating group) is 1. The predicted molar refractivity (Wildman–Crippen MR) is 132 cm³/mol. The van der Waals surface area contributed by atoms with Crippen LogP contribution in [0.1, 0.15) is 34.7 Å². The zero-order valence-electron chi connectivity index (χ0n) is 21.3. The molecule has 0 unspecified atom stereocenters. The largest absolute Gasteiger partial charge is 0.491 e. The summed E-state index contributed by atoms with van der Waals surface area (Å²) in [5.74, 6) is -0.607. The Hall–Kier alpha value is -3.57. The normalized spacial score (nSPS) is 21.0. The summed E-state index contributed by atoms with van der Waals surface area (Å²) in [7, 11) is 4.75. The smallest absolute Gasteiger partial charge is 0.275 e. The number of amides is 3. The Bertz CT molecular complexity index is 1070. The summed E-state index contributed by atoms with van der Waals surface area (Å²) < 4.78 is 16.8. The van der Waals surface area contributed by atoms with E-state index in [2.05, 4.69) is 15.3 Å². The summed E-state index contributed by atoms with van der Waals surface area (Å²) in [6.07, 6.45) is 3.94. The van der Waals surface area contributed by atoms with Crippen molar-refractivity contribution >= 4 is 23.4 Å². The number of nitrogens with one attached hydrogen (secondary N) is 1. The third-order valence-corrected chi connectivity index (χ3v) is 6.09. The van der Waals surface area contributed by atoms with Crippen molar-refractivity contribution in [3.8, 4) is 5.75 Å². The number of benzene rings is 1. The minimum atomic E-state index is -0.452. The Morgan fingerprint density at radius 3 is 2.64 bits per heavy atom. The van der Waals surface area contributed by atoms with E-state index in [9.17, 15) is 14.4 Å². The number of carbonyl (C=O) groups is 3. The molecule has 36 heavy (non-hydrogen) atoms. The number of nitrogens with zero attached hydrogens (tertiary/aromatic N) is 4. The van der Waals surface area contributed by atoms with E-state index in [4.69, 9.17) is 14.2 Å². The van der Waals surface area contributed by atoms with Crippen LogP contribution in [0, 0.1) is 5.92 Å². The van der Waals surface area contributed by atoms with Crippen molar-refractivity contribution in [3.63, 3.8) is 0 Å². The van der Waals surface area contributed by atoms with E-state index in [1.54, 1.807) is 42.2 Å². The lowest BCUT2D eigenvalue weighted by molar-refractivity contribution is -0.139. The summed E-state index contributed by atoms with van der Waals surface area (Å²) in [5, 5.41) is 2.74. The average Bonchev–Trinajstić information content (AvgIpc) is 2.88. The molecule has 11 nitrogen and oxygen atoms in total. The second-order valence-electron chi connectivity index (χ2n) is 8.83. The first kappa shape index (κ1) is 27.0. The molecule has 0 saturated carbocycles. The number of carbonyl (C=O) groups excluding carboxylic acids is 3. The number of ether oxygens (including phenoxy) is 3. The van der Waals surface area contributed by atoms with Gasteiger partial charge in [-0.15, -0.1) is 0 Å². The van der Waals surface area contributed by atoms with Crippen LogP contribution in [0.25, 0.3) is 0 Å². The van der Waals surface area contributed by atoms with Crippen molar-refractivity contribution < 1.29 is 28.6 Å². The Morgan fingerprint density at radius 2 is 1.97 bits per heavy atom. The molecule has 1 aliphatic rings. The van der Waals surface area contributed by atoms with E-state index in [0.29, 0.717) is 24.5 Å². The molecule has 0 spiro atoms. The van der Waals surface area contributed by atoms with Crippen LogP contribution in [0.3, 0.4) is 0 Å². The molecule has 11 heteroatoms. The first-order valence-corrected chi connectivity index (χ1v) is 11.7. The first-order chi connectivity index (χ1) is 17.2. The molecule has 2 aromatic rings. The van der Waals surface area contributed by atoms with E-state index in [1.807, 2.05) is 13.8 Å². The highest BCUT2D eigenvalue weighted by Crippen LogP contribution is 2.26. The van der Waals surface area contributed by atoms with Gasteiger partial charge in [-0.1, -0.05) is 6.92 Å². The maximum absolute atomic E-state index is 13.4. The lowest BCUT2D eigenvalue weighted by atomic mass is 10.0. The number of hydrogen-bond acceptors (Lipinski definition) is 8. The summed E-state index contributed by atoms with van der Waals surface area (Å²) >= 11 is 0. The van der Waals surface area contributed by atoms with E-state index < -0.39 is 5.91 Å². The fraction of sp³-hybridized carbons (Fsp3) is 0.480. The second-order valence-corrected chi connectivity index (χ2v) is 8.83. The number of rotatable bonds is 5. The monoisotopic (exact) mass is 499 g/mol. The molecule has 0 saturated heterocycles. The van der Waals surface area contributed by atoms with Gasteiger partial charge in [-0.05, 0) is 25.1 Å². The fourth-order valence-corrected chi connectivity index (χ4v) is 4.02. The van der Waals surface area contributed by atoms with Gasteiger partial charge in [0, 0.05) is 58.4 Å². The van der Waals surface area contributed by atoms with Crippen LogP contribution >= 0.6 is 0 Å². The van der Waals surface area contributed by atoms with Crippen molar-refractivity contribution in [2.45, 2.75) is 26.0 Å². The molecule has 3 amide bonds. The van der Waals surface area contributed by atoms with E-state index in [-0.39, 0.29) is 54.3 Å². The summed E-state index contributed by atoms with van der Waals surface area (Å²) in [4.78, 5) is 49.9. The van der Waals surface area contributed by atoms with Crippen LogP contribution in [0.2, 0.25) is 0 Å². The van der Waals surface area contributed by atoms with Gasteiger partial charge >= 0.3 is 0 Å². The van der Waals surface area contributed by atoms with E-state index >= 15 is 0 Å². The van der Waals surface area contributed by atoms with E-state index in [1.165, 1.54) is 25.7 Å². The molecule has 1 aromatic carbocycles. The van der Waals surface area contributed by atoms with Crippen LogP contribution in [0.15, 0.2) is 36.8 Å². The minimum absolute atomic E-state index is 0.0431. The van der Waals surface area contributed by atoms with Crippen LogP contribution in [-0.4, -0.2) is 97.2 Å². The molecular weight excluding hydrogens is 466 g/mol. The van der Waals surface area contributed by atoms with Crippen LogP contribution in [-0.2, 0) is 14.3 Å². The van der Waals surface area contributed by atoms with Crippen molar-refractivity contribution in [3.05, 3.63) is 48.0 Å². The van der Waals surface area contributed by atoms with Crippen molar-refractivity contribution in [2.75, 3.05) is 52.9 Å². The predicted octanol–water partition coefficient (Wildman–Crippen LogP) is 1.71. The maximum atomic E-state index is 13.4. The molecule has 0 fully saturated rings. The molecule has 0 radical (unpaired) electrons. The van der Waals surface area contributed by atoms with Gasteiger partial charge in [0.05, 0.1) is 23.9 Å². The number of aromatic nitrogens is 2. The molecule has 0 aliphatic carbocycles. The summed E-state index contributed by atoms with van der Waals surface area (Å²) in [6.45, 7) is 4.71. The van der Waals surface area contributed by atoms with Crippen LogP contribution in [0.5, 0.6) is 5.75 Å². The molecular formula is C25H33N5O6. The Morgan fingerprint density at radius 1 is 1.19 bits per heavy atom. The third kappa shape index (κ3) is 6.55. The summed E-state index contributed by atoms with van der Waals surface area (Å²) in [5.41, 5.74) is 0.833. The van der Waals surface area contributed by atoms with Crippen molar-refractivity contribution in [2.24, 2.45) is 5.92 Å². The van der Waals surface area contributed by atoms with Gasteiger partial charge in [-0.3, -0.25) is 19.4 Å². The standard InChI is InChI=1S/C25H33N5O6/c1-16-12-30(23(31)15-34-4)17(2)14-36-21-7-6-18(28-24(32)20-11-26-8-9-27-20)10-19(21)25(33)29(3)13-22(16)35-5/h6-11,16-17,22H,12-15H2,1-5H3,(H,28,32)/t16-,17+,22-/m0/s1. The Labute approximate surface area is 210 Å². The van der Waals surface area contributed by atoms with E-state index in [0.717, 1.165) is 0 Å². The van der Waals surface area contributed by atoms with Crippen LogP contribution in [0.4, 0.5) is 5.69 Å². The lowest BCUT2D eigenvalue weighted by Crippen LogP contribution is -2.49. The van der Waals surface area contributed by atoms with Crippen molar-refractivity contribution in [1.29, 1.82) is 0 Å². The van der Waals surface area contributed by atoms with Gasteiger partial charge in [-0.2, -0.15) is 0 Å². The number of fused-ring (bicyclic) bond motifs is 1. The molecule has 0 bridgehead atoms. The highest BCUT2D eigenvalue weighted by molar-refractivity contribution is 6.04. The summed E-state index contributed by atoms with van der Waals surface area (Å²) in [6, 6.07) is 4.55. The topological polar surface area (TPSA) is 123 Å². The van der Waals surface area contributed by atoms with Gasteiger partial charge in [0.15, 0.2) is 0 Å². The quantitative estimate of drug-likeness (QED) is 0.660. The first-order valence-electron chi connectivity index (χ1n) is 11.7. The zero-order valence-corrected chi connectivity index (χ0v) is 21.3. The number of anilines is 1. The second kappa shape index (κ2) is 12.4. The van der Waals surface area contributed by atoms with Crippen LogP contribution < -0.4 is 10.1 Å². The SMILES string of the molecule is COCC(=O)N1C[C@H](C)[C@@H](OC)CN(C)C(=O)c2cc(NC(=O)c3cnccn3)ccc2OC[C@H]1C. The minimum Gasteiger partial charge on any atom is -0.491 e.